The zero-order valence-corrected chi connectivity index (χ0v) is 16.6. The average Bonchev–Trinajstić information content (AvgIpc) is 2.76. The first-order valence-electron chi connectivity index (χ1n) is 10.6. The largest absolute Gasteiger partial charge is 0.251 e. The molecule has 0 aliphatic heterocycles. The molecule has 2 aromatic carbocycles. The third-order valence-electron chi connectivity index (χ3n) is 5.95. The Kier molecular flexibility index (Phi) is 7.85. The van der Waals surface area contributed by atoms with Crippen molar-refractivity contribution in [3.05, 3.63) is 71.8 Å². The van der Waals surface area contributed by atoms with Crippen molar-refractivity contribution < 1.29 is 4.39 Å². The molecule has 0 amide bonds. The molecule has 0 radical (unpaired) electrons. The number of alkyl halides is 1. The number of hydrogen-bond donors (Lipinski definition) is 0. The average molecular weight is 376 g/mol. The van der Waals surface area contributed by atoms with Crippen LogP contribution in [0.3, 0.4) is 0 Å². The molecular weight excluding hydrogens is 345 g/mol. The standard InChI is InChI=1S/C26H30FN/c27-19-3-1-2-4-21-5-7-22(8-6-21)9-10-23-11-15-25(16-12-23)26-17-13-24(20-28)14-18-26/h2,4,11-18,21-22H,1,3,5-10,19H2/b4-2+. The molecule has 3 rings (SSSR count). The summed E-state index contributed by atoms with van der Waals surface area (Å²) in [5.41, 5.74) is 4.47. The first kappa shape index (κ1) is 20.3. The number of rotatable bonds is 8. The van der Waals surface area contributed by atoms with E-state index in [9.17, 15) is 4.39 Å². The van der Waals surface area contributed by atoms with Gasteiger partial charge in [0, 0.05) is 0 Å². The lowest BCUT2D eigenvalue weighted by Gasteiger charge is -2.26. The Labute approximate surface area is 168 Å². The molecule has 1 fully saturated rings. The van der Waals surface area contributed by atoms with E-state index in [1.807, 2.05) is 24.3 Å². The van der Waals surface area contributed by atoms with Crippen molar-refractivity contribution in [3.63, 3.8) is 0 Å². The minimum absolute atomic E-state index is 0.203. The molecule has 0 saturated heterocycles. The van der Waals surface area contributed by atoms with Gasteiger partial charge in [-0.1, -0.05) is 48.6 Å². The summed E-state index contributed by atoms with van der Waals surface area (Å²) in [6.45, 7) is -0.203. The summed E-state index contributed by atoms with van der Waals surface area (Å²) in [6, 6.07) is 18.8. The maximum atomic E-state index is 12.1. The third-order valence-corrected chi connectivity index (χ3v) is 5.95. The Morgan fingerprint density at radius 1 is 0.929 bits per heavy atom. The van der Waals surface area contributed by atoms with Crippen LogP contribution in [0.1, 0.15) is 56.1 Å². The van der Waals surface area contributed by atoms with Crippen molar-refractivity contribution in [2.75, 3.05) is 6.67 Å². The normalized spacial score (nSPS) is 19.6. The zero-order valence-electron chi connectivity index (χ0n) is 16.6. The lowest BCUT2D eigenvalue weighted by atomic mass is 9.79. The Morgan fingerprint density at radius 2 is 1.57 bits per heavy atom. The van der Waals surface area contributed by atoms with E-state index in [-0.39, 0.29) is 6.67 Å². The quantitative estimate of drug-likeness (QED) is 0.351. The highest BCUT2D eigenvalue weighted by molar-refractivity contribution is 5.64. The summed E-state index contributed by atoms with van der Waals surface area (Å²) in [7, 11) is 0. The second kappa shape index (κ2) is 10.8. The monoisotopic (exact) mass is 375 g/mol. The number of nitrogens with zero attached hydrogens (tertiary/aromatic N) is 1. The summed E-state index contributed by atoms with van der Waals surface area (Å²) in [6.07, 6.45) is 13.7. The maximum Gasteiger partial charge on any atom is 0.0991 e. The van der Waals surface area contributed by atoms with Crippen molar-refractivity contribution in [2.45, 2.75) is 51.4 Å². The van der Waals surface area contributed by atoms with Gasteiger partial charge in [0.15, 0.2) is 0 Å². The fourth-order valence-electron chi connectivity index (χ4n) is 4.12. The third kappa shape index (κ3) is 6.06. The first-order valence-corrected chi connectivity index (χ1v) is 10.6. The van der Waals surface area contributed by atoms with Gasteiger partial charge >= 0.3 is 0 Å². The van der Waals surface area contributed by atoms with E-state index in [0.717, 1.165) is 24.3 Å². The number of benzene rings is 2. The highest BCUT2D eigenvalue weighted by Crippen LogP contribution is 2.32. The molecule has 0 unspecified atom stereocenters. The van der Waals surface area contributed by atoms with Gasteiger partial charge in [-0.05, 0) is 92.0 Å². The van der Waals surface area contributed by atoms with Gasteiger partial charge in [0.1, 0.15) is 0 Å². The van der Waals surface area contributed by atoms with Gasteiger partial charge < -0.3 is 0 Å². The van der Waals surface area contributed by atoms with Gasteiger partial charge in [0.25, 0.3) is 0 Å². The highest BCUT2D eigenvalue weighted by Gasteiger charge is 2.19. The SMILES string of the molecule is N#Cc1ccc(-c2ccc(CCC3CCC(/C=C/CCCF)CC3)cc2)cc1. The number of nitriles is 1. The molecule has 1 saturated carbocycles. The molecule has 1 aliphatic carbocycles. The molecule has 1 nitrogen and oxygen atoms in total. The van der Waals surface area contributed by atoms with Crippen molar-refractivity contribution in [3.8, 4) is 17.2 Å². The Bertz CT molecular complexity index is 775. The number of hydrogen-bond acceptors (Lipinski definition) is 1. The summed E-state index contributed by atoms with van der Waals surface area (Å²) in [5.74, 6) is 1.55. The van der Waals surface area contributed by atoms with Crippen LogP contribution in [0, 0.1) is 23.2 Å². The topological polar surface area (TPSA) is 23.8 Å². The minimum atomic E-state index is -0.203. The van der Waals surface area contributed by atoms with Crippen LogP contribution in [0.25, 0.3) is 11.1 Å². The van der Waals surface area contributed by atoms with E-state index < -0.39 is 0 Å². The molecule has 0 spiro atoms. The van der Waals surface area contributed by atoms with Crippen molar-refractivity contribution in [1.82, 2.24) is 0 Å². The number of aryl methyl sites for hydroxylation is 1. The molecule has 0 bridgehead atoms. The summed E-state index contributed by atoms with van der Waals surface area (Å²) in [4.78, 5) is 0. The fraction of sp³-hybridized carbons (Fsp3) is 0.423. The van der Waals surface area contributed by atoms with Crippen LogP contribution in [-0.2, 0) is 6.42 Å². The van der Waals surface area contributed by atoms with Crippen LogP contribution >= 0.6 is 0 Å². The van der Waals surface area contributed by atoms with Crippen molar-refractivity contribution in [2.24, 2.45) is 11.8 Å². The molecule has 0 heterocycles. The Hall–Kier alpha value is -2.40. The van der Waals surface area contributed by atoms with Crippen LogP contribution in [0.5, 0.6) is 0 Å². The second-order valence-corrected chi connectivity index (χ2v) is 7.96. The van der Waals surface area contributed by atoms with Crippen LogP contribution < -0.4 is 0 Å². The smallest absolute Gasteiger partial charge is 0.0991 e. The summed E-state index contributed by atoms with van der Waals surface area (Å²) >= 11 is 0. The minimum Gasteiger partial charge on any atom is -0.251 e. The van der Waals surface area contributed by atoms with E-state index >= 15 is 0 Å². The predicted octanol–water partition coefficient (Wildman–Crippen LogP) is 7.27. The van der Waals surface area contributed by atoms with E-state index in [0.29, 0.717) is 17.9 Å². The molecular formula is C26H30FN. The molecule has 2 aromatic rings. The van der Waals surface area contributed by atoms with Crippen LogP contribution in [0.15, 0.2) is 60.7 Å². The van der Waals surface area contributed by atoms with Gasteiger partial charge in [-0.15, -0.1) is 0 Å². The number of halogens is 1. The maximum absolute atomic E-state index is 12.1. The zero-order chi connectivity index (χ0) is 19.6. The number of unbranched alkanes of at least 4 members (excludes halogenated alkanes) is 1. The molecule has 28 heavy (non-hydrogen) atoms. The first-order chi connectivity index (χ1) is 13.8. The highest BCUT2D eigenvalue weighted by atomic mass is 19.1. The van der Waals surface area contributed by atoms with Gasteiger partial charge in [0.05, 0.1) is 18.3 Å². The van der Waals surface area contributed by atoms with Crippen LogP contribution in [-0.4, -0.2) is 6.67 Å². The van der Waals surface area contributed by atoms with Crippen molar-refractivity contribution in [1.29, 1.82) is 5.26 Å². The summed E-state index contributed by atoms with van der Waals surface area (Å²) in [5, 5.41) is 8.91. The van der Waals surface area contributed by atoms with Crippen LogP contribution in [0.4, 0.5) is 4.39 Å². The second-order valence-electron chi connectivity index (χ2n) is 7.96. The molecule has 1 aliphatic rings. The Morgan fingerprint density at radius 3 is 2.18 bits per heavy atom. The van der Waals surface area contributed by atoms with Gasteiger partial charge in [-0.2, -0.15) is 5.26 Å². The van der Waals surface area contributed by atoms with Gasteiger partial charge in [-0.25, -0.2) is 0 Å². The molecule has 146 valence electrons. The Balaban J connectivity index is 1.43. The lowest BCUT2D eigenvalue weighted by Crippen LogP contribution is -2.13. The molecule has 2 heteroatoms. The van der Waals surface area contributed by atoms with Crippen molar-refractivity contribution >= 4 is 0 Å². The molecule has 0 atom stereocenters. The van der Waals surface area contributed by atoms with E-state index in [4.69, 9.17) is 5.26 Å². The van der Waals surface area contributed by atoms with E-state index in [1.165, 1.54) is 43.2 Å². The predicted molar refractivity (Wildman–Crippen MR) is 115 cm³/mol. The molecule has 0 N–H and O–H groups in total. The molecule has 0 aromatic heterocycles. The van der Waals surface area contributed by atoms with Gasteiger partial charge in [-0.3, -0.25) is 4.39 Å². The number of allylic oxidation sites excluding steroid dienone is 2. The van der Waals surface area contributed by atoms with Gasteiger partial charge in [0.2, 0.25) is 0 Å². The summed E-state index contributed by atoms with van der Waals surface area (Å²) < 4.78 is 12.1. The lowest BCUT2D eigenvalue weighted by molar-refractivity contribution is 0.296. The van der Waals surface area contributed by atoms with E-state index in [2.05, 4.69) is 42.5 Å². The van der Waals surface area contributed by atoms with Crippen LogP contribution in [0.2, 0.25) is 0 Å². The van der Waals surface area contributed by atoms with E-state index in [1.54, 1.807) is 0 Å². The fourth-order valence-corrected chi connectivity index (χ4v) is 4.12.